The summed E-state index contributed by atoms with van der Waals surface area (Å²) in [6.07, 6.45) is 10.3. The highest BCUT2D eigenvalue weighted by molar-refractivity contribution is 5.91. The fourth-order valence-electron chi connectivity index (χ4n) is 5.23. The number of rotatable bonds is 7. The molecule has 1 heterocycles. The van der Waals surface area contributed by atoms with Crippen molar-refractivity contribution in [3.05, 3.63) is 133 Å². The molecule has 4 nitrogen and oxygen atoms in total. The molecule has 0 spiro atoms. The summed E-state index contributed by atoms with van der Waals surface area (Å²) < 4.78 is 0. The van der Waals surface area contributed by atoms with Gasteiger partial charge >= 0.3 is 0 Å². The highest BCUT2D eigenvalue weighted by Crippen LogP contribution is 2.38. The van der Waals surface area contributed by atoms with Crippen LogP contribution >= 0.6 is 0 Å². The zero-order valence-corrected chi connectivity index (χ0v) is 22.3. The van der Waals surface area contributed by atoms with Crippen LogP contribution in [0.4, 0.5) is 17.1 Å². The molecule has 2 aliphatic rings. The monoisotopic (exact) mass is 510 g/mol. The molecular formula is C35H34N4. The van der Waals surface area contributed by atoms with Gasteiger partial charge in [0.15, 0.2) is 0 Å². The third-order valence-electron chi connectivity index (χ3n) is 7.40. The van der Waals surface area contributed by atoms with Gasteiger partial charge in [0.25, 0.3) is 0 Å². The van der Waals surface area contributed by atoms with Gasteiger partial charge in [0, 0.05) is 40.9 Å². The third kappa shape index (κ3) is 5.66. The number of anilines is 3. The molecule has 1 unspecified atom stereocenters. The van der Waals surface area contributed by atoms with Crippen LogP contribution in [-0.4, -0.2) is 18.1 Å². The number of nitrogens with zero attached hydrogens (tertiary/aromatic N) is 1. The number of nitrogens with two attached hydrogens (primary N) is 1. The lowest BCUT2D eigenvalue weighted by atomic mass is 9.95. The molecule has 4 aromatic carbocycles. The second-order valence-electron chi connectivity index (χ2n) is 10.4. The van der Waals surface area contributed by atoms with Crippen molar-refractivity contribution in [2.45, 2.75) is 13.3 Å². The molecule has 0 aromatic heterocycles. The van der Waals surface area contributed by atoms with Crippen LogP contribution in [-0.2, 0) is 0 Å². The first-order valence-corrected chi connectivity index (χ1v) is 13.6. The molecule has 1 aliphatic carbocycles. The first kappa shape index (κ1) is 24.8. The molecule has 0 fully saturated rings. The summed E-state index contributed by atoms with van der Waals surface area (Å²) in [4.78, 5) is 0. The van der Waals surface area contributed by atoms with Crippen LogP contribution in [0.15, 0.2) is 127 Å². The zero-order valence-electron chi connectivity index (χ0n) is 22.3. The molecular weight excluding hydrogens is 476 g/mol. The lowest BCUT2D eigenvalue weighted by Crippen LogP contribution is -2.30. The molecule has 1 aliphatic heterocycles. The largest absolute Gasteiger partial charge is 0.398 e. The number of hydrogen-bond acceptors (Lipinski definition) is 4. The molecule has 1 atom stereocenters. The first-order valence-electron chi connectivity index (χ1n) is 13.6. The quantitative estimate of drug-likeness (QED) is 0.220. The molecule has 0 bridgehead atoms. The van der Waals surface area contributed by atoms with E-state index in [0.29, 0.717) is 5.92 Å². The molecule has 4 heteroatoms. The van der Waals surface area contributed by atoms with E-state index in [4.69, 9.17) is 5.73 Å². The third-order valence-corrected chi connectivity index (χ3v) is 7.40. The van der Waals surface area contributed by atoms with Crippen molar-refractivity contribution in [2.75, 3.05) is 24.1 Å². The summed E-state index contributed by atoms with van der Waals surface area (Å²) in [6.45, 7) is 3.94. The Bertz CT molecular complexity index is 1550. The average molecular weight is 511 g/mol. The average Bonchev–Trinajstić information content (AvgIpc) is 3.44. The van der Waals surface area contributed by atoms with Gasteiger partial charge in [0.05, 0.1) is 6.54 Å². The van der Waals surface area contributed by atoms with Crippen LogP contribution in [0.5, 0.6) is 0 Å². The minimum atomic E-state index is 0.633. The Hall–Kier alpha value is -4.54. The topological polar surface area (TPSA) is 53.3 Å². The molecule has 0 amide bonds. The van der Waals surface area contributed by atoms with Gasteiger partial charge in [-0.3, -0.25) is 0 Å². The van der Waals surface area contributed by atoms with Gasteiger partial charge in [0.1, 0.15) is 0 Å². The Kier molecular flexibility index (Phi) is 7.03. The fourth-order valence-corrected chi connectivity index (χ4v) is 5.23. The van der Waals surface area contributed by atoms with E-state index >= 15 is 0 Å². The van der Waals surface area contributed by atoms with E-state index in [2.05, 4.69) is 120 Å². The first-order chi connectivity index (χ1) is 19.1. The van der Waals surface area contributed by atoms with Gasteiger partial charge in [-0.2, -0.15) is 0 Å². The van der Waals surface area contributed by atoms with Gasteiger partial charge < -0.3 is 16.1 Å². The lowest BCUT2D eigenvalue weighted by Gasteiger charge is -2.19. The Morgan fingerprint density at radius 3 is 2.28 bits per heavy atom. The Morgan fingerprint density at radius 2 is 1.56 bits per heavy atom. The van der Waals surface area contributed by atoms with Crippen LogP contribution < -0.4 is 16.5 Å². The summed E-state index contributed by atoms with van der Waals surface area (Å²) in [5, 5.41) is 5.87. The summed E-state index contributed by atoms with van der Waals surface area (Å²) in [5.41, 5.74) is 21.1. The van der Waals surface area contributed by atoms with Crippen molar-refractivity contribution < 1.29 is 0 Å². The molecule has 6 rings (SSSR count). The highest BCUT2D eigenvalue weighted by Gasteiger charge is 2.16. The maximum atomic E-state index is 6.61. The van der Waals surface area contributed by atoms with Gasteiger partial charge in [-0.1, -0.05) is 97.9 Å². The smallest absolute Gasteiger partial charge is 0.0585 e. The minimum absolute atomic E-state index is 0.633. The van der Waals surface area contributed by atoms with Gasteiger partial charge in [-0.05, 0) is 64.4 Å². The van der Waals surface area contributed by atoms with E-state index in [1.54, 1.807) is 0 Å². The normalized spacial score (nSPS) is 16.6. The van der Waals surface area contributed by atoms with Gasteiger partial charge in [-0.15, -0.1) is 0 Å². The van der Waals surface area contributed by atoms with Crippen molar-refractivity contribution in [1.82, 2.24) is 10.4 Å². The molecule has 4 N–H and O–H groups in total. The number of nitrogen functional groups attached to an aromatic ring is 1. The number of benzene rings is 4. The molecule has 39 heavy (non-hydrogen) atoms. The standard InChI is InChI=1S/C35H34N4/c1-25-15-17-26(18-16-25)23-39-24-30(22-37-39)29-13-8-14-31(19-29)38-35-21-34(36)32(27-9-4-2-5-10-27)20-33(35)28-11-6-3-7-12-28/h2-15,17-21,24-25,37-38H,16,22-23,36H2,1H3. The molecule has 194 valence electrons. The summed E-state index contributed by atoms with van der Waals surface area (Å²) in [5.74, 6) is 0.633. The maximum absolute atomic E-state index is 6.61. The van der Waals surface area contributed by atoms with E-state index in [1.165, 1.54) is 16.7 Å². The van der Waals surface area contributed by atoms with E-state index in [9.17, 15) is 0 Å². The van der Waals surface area contributed by atoms with Gasteiger partial charge in [0.2, 0.25) is 0 Å². The second kappa shape index (κ2) is 11.1. The molecule has 0 saturated carbocycles. The SMILES string of the molecule is CC1C=CC(CN2C=C(c3cccc(Nc4cc(N)c(-c5ccccc5)cc4-c4ccccc4)c3)CN2)=CC1. The summed E-state index contributed by atoms with van der Waals surface area (Å²) in [6, 6.07) is 33.7. The van der Waals surface area contributed by atoms with Crippen LogP contribution in [0, 0.1) is 5.92 Å². The lowest BCUT2D eigenvalue weighted by molar-refractivity contribution is 0.333. The Labute approximate surface area is 231 Å². The predicted octanol–water partition coefficient (Wildman–Crippen LogP) is 8.03. The van der Waals surface area contributed by atoms with E-state index < -0.39 is 0 Å². The minimum Gasteiger partial charge on any atom is -0.398 e. The summed E-state index contributed by atoms with van der Waals surface area (Å²) in [7, 11) is 0. The van der Waals surface area contributed by atoms with Crippen molar-refractivity contribution in [1.29, 1.82) is 0 Å². The molecule has 0 saturated heterocycles. The number of nitrogens with one attached hydrogen (secondary N) is 2. The van der Waals surface area contributed by atoms with Gasteiger partial charge in [-0.25, -0.2) is 5.43 Å². The number of hydrazine groups is 1. The van der Waals surface area contributed by atoms with E-state index in [1.807, 2.05) is 24.3 Å². The molecule has 4 aromatic rings. The van der Waals surface area contributed by atoms with Crippen LogP contribution in [0.1, 0.15) is 18.9 Å². The summed E-state index contributed by atoms with van der Waals surface area (Å²) >= 11 is 0. The van der Waals surface area contributed by atoms with Crippen LogP contribution in [0.2, 0.25) is 0 Å². The van der Waals surface area contributed by atoms with Crippen molar-refractivity contribution in [2.24, 2.45) is 5.92 Å². The Morgan fingerprint density at radius 1 is 0.846 bits per heavy atom. The highest BCUT2D eigenvalue weighted by atomic mass is 15.5. The second-order valence-corrected chi connectivity index (χ2v) is 10.4. The van der Waals surface area contributed by atoms with Crippen molar-refractivity contribution >= 4 is 22.6 Å². The number of hydrogen-bond donors (Lipinski definition) is 3. The Balaban J connectivity index is 1.28. The van der Waals surface area contributed by atoms with E-state index in [-0.39, 0.29) is 0 Å². The van der Waals surface area contributed by atoms with Crippen molar-refractivity contribution in [3.63, 3.8) is 0 Å². The molecule has 0 radical (unpaired) electrons. The fraction of sp³-hybridized carbons (Fsp3) is 0.143. The zero-order chi connectivity index (χ0) is 26.6. The van der Waals surface area contributed by atoms with Crippen molar-refractivity contribution in [3.8, 4) is 22.3 Å². The predicted molar refractivity (Wildman–Crippen MR) is 165 cm³/mol. The number of allylic oxidation sites excluding steroid dienone is 2. The van der Waals surface area contributed by atoms with E-state index in [0.717, 1.165) is 58.8 Å². The van der Waals surface area contributed by atoms with Crippen LogP contribution in [0.3, 0.4) is 0 Å². The van der Waals surface area contributed by atoms with Crippen LogP contribution in [0.25, 0.3) is 27.8 Å². The maximum Gasteiger partial charge on any atom is 0.0585 e.